The number of nitrogens with zero attached hydrogens (tertiary/aromatic N) is 1. The Balaban J connectivity index is 2.60. The number of pyridine rings is 1. The molecule has 1 nitrogen and oxygen atoms in total. The quantitative estimate of drug-likeness (QED) is 0.707. The highest BCUT2D eigenvalue weighted by molar-refractivity contribution is 7.19. The smallest absolute Gasteiger partial charge is 0.0815 e. The minimum Gasteiger partial charge on any atom is -0.255 e. The second-order valence-corrected chi connectivity index (χ2v) is 4.55. The molecule has 0 saturated heterocycles. The van der Waals surface area contributed by atoms with E-state index in [4.69, 9.17) is 0 Å². The summed E-state index contributed by atoms with van der Waals surface area (Å²) in [5.74, 6) is 0. The van der Waals surface area contributed by atoms with Crippen LogP contribution in [0.1, 0.15) is 23.8 Å². The number of hydrogen-bond donors (Lipinski definition) is 0. The van der Waals surface area contributed by atoms with Gasteiger partial charge in [-0.25, -0.2) is 0 Å². The molecule has 2 aromatic rings. The first-order chi connectivity index (χ1) is 6.31. The number of hydrogen-bond acceptors (Lipinski definition) is 2. The molecule has 0 saturated carbocycles. The number of aryl methyl sites for hydroxylation is 2. The first-order valence-corrected chi connectivity index (χ1v) is 5.47. The Labute approximate surface area is 82.4 Å². The molecule has 68 valence electrons. The van der Waals surface area contributed by atoms with Gasteiger partial charge in [0, 0.05) is 11.1 Å². The molecule has 0 aliphatic heterocycles. The Kier molecular flexibility index (Phi) is 2.32. The molecule has 0 unspecified atom stereocenters. The molecule has 0 atom stereocenters. The van der Waals surface area contributed by atoms with E-state index in [1.54, 1.807) is 0 Å². The minimum atomic E-state index is 1.16. The maximum Gasteiger partial charge on any atom is 0.0815 e. The normalized spacial score (nSPS) is 10.9. The van der Waals surface area contributed by atoms with Crippen LogP contribution < -0.4 is 0 Å². The monoisotopic (exact) mass is 191 g/mol. The average Bonchev–Trinajstić information content (AvgIpc) is 2.47. The second-order valence-electron chi connectivity index (χ2n) is 3.29. The fraction of sp³-hybridized carbons (Fsp3) is 0.364. The van der Waals surface area contributed by atoms with E-state index in [-0.39, 0.29) is 0 Å². The lowest BCUT2D eigenvalue weighted by Crippen LogP contribution is -1.83. The first kappa shape index (κ1) is 8.70. The second kappa shape index (κ2) is 3.46. The predicted molar refractivity (Wildman–Crippen MR) is 58.4 cm³/mol. The third kappa shape index (κ3) is 1.59. The molecule has 13 heavy (non-hydrogen) atoms. The fourth-order valence-electron chi connectivity index (χ4n) is 1.58. The third-order valence-corrected chi connectivity index (χ3v) is 3.25. The van der Waals surface area contributed by atoms with Gasteiger partial charge in [-0.1, -0.05) is 13.3 Å². The SMILES string of the molecule is CCCc1ccnc2cc(C)sc12. The maximum atomic E-state index is 4.36. The summed E-state index contributed by atoms with van der Waals surface area (Å²) in [5, 5.41) is 0. The van der Waals surface area contributed by atoms with E-state index in [1.807, 2.05) is 17.5 Å². The Bertz CT molecular complexity index is 417. The lowest BCUT2D eigenvalue weighted by molar-refractivity contribution is 0.929. The van der Waals surface area contributed by atoms with Crippen molar-refractivity contribution in [3.8, 4) is 0 Å². The van der Waals surface area contributed by atoms with Gasteiger partial charge in [0.25, 0.3) is 0 Å². The van der Waals surface area contributed by atoms with Crippen molar-refractivity contribution < 1.29 is 0 Å². The third-order valence-electron chi connectivity index (χ3n) is 2.14. The van der Waals surface area contributed by atoms with Gasteiger partial charge in [0.1, 0.15) is 0 Å². The van der Waals surface area contributed by atoms with Crippen LogP contribution in [0.5, 0.6) is 0 Å². The molecule has 0 radical (unpaired) electrons. The van der Waals surface area contributed by atoms with Crippen LogP contribution in [-0.2, 0) is 6.42 Å². The van der Waals surface area contributed by atoms with Crippen molar-refractivity contribution in [1.82, 2.24) is 4.98 Å². The number of aromatic nitrogens is 1. The van der Waals surface area contributed by atoms with Gasteiger partial charge in [0.2, 0.25) is 0 Å². The standard InChI is InChI=1S/C11H13NS/c1-3-4-9-5-6-12-10-7-8(2)13-11(9)10/h5-7H,3-4H2,1-2H3. The van der Waals surface area contributed by atoms with E-state index < -0.39 is 0 Å². The molecule has 0 aliphatic rings. The van der Waals surface area contributed by atoms with E-state index in [0.717, 1.165) is 5.52 Å². The molecular weight excluding hydrogens is 178 g/mol. The van der Waals surface area contributed by atoms with Crippen LogP contribution >= 0.6 is 11.3 Å². The molecule has 0 aromatic carbocycles. The molecule has 0 amide bonds. The van der Waals surface area contributed by atoms with Crippen molar-refractivity contribution in [2.75, 3.05) is 0 Å². The summed E-state index contributed by atoms with van der Waals surface area (Å²) in [7, 11) is 0. The van der Waals surface area contributed by atoms with E-state index in [0.29, 0.717) is 0 Å². The minimum absolute atomic E-state index is 1.16. The summed E-state index contributed by atoms with van der Waals surface area (Å²) in [6, 6.07) is 4.31. The summed E-state index contributed by atoms with van der Waals surface area (Å²) in [5.41, 5.74) is 2.61. The fourth-order valence-corrected chi connectivity index (χ4v) is 2.59. The van der Waals surface area contributed by atoms with Gasteiger partial charge in [0.15, 0.2) is 0 Å². The van der Waals surface area contributed by atoms with Crippen LogP contribution in [0.2, 0.25) is 0 Å². The largest absolute Gasteiger partial charge is 0.255 e. The van der Waals surface area contributed by atoms with E-state index >= 15 is 0 Å². The number of thiophene rings is 1. The highest BCUT2D eigenvalue weighted by Gasteiger charge is 2.03. The van der Waals surface area contributed by atoms with Crippen molar-refractivity contribution in [3.63, 3.8) is 0 Å². The highest BCUT2D eigenvalue weighted by atomic mass is 32.1. The topological polar surface area (TPSA) is 12.9 Å². The zero-order valence-corrected chi connectivity index (χ0v) is 8.82. The van der Waals surface area contributed by atoms with Crippen molar-refractivity contribution in [1.29, 1.82) is 0 Å². The van der Waals surface area contributed by atoms with Crippen molar-refractivity contribution in [2.24, 2.45) is 0 Å². The van der Waals surface area contributed by atoms with E-state index in [9.17, 15) is 0 Å². The van der Waals surface area contributed by atoms with Gasteiger partial charge < -0.3 is 0 Å². The predicted octanol–water partition coefficient (Wildman–Crippen LogP) is 3.56. The molecular formula is C11H13NS. The van der Waals surface area contributed by atoms with Gasteiger partial charge in [-0.15, -0.1) is 11.3 Å². The summed E-state index contributed by atoms with van der Waals surface area (Å²) >= 11 is 1.86. The van der Waals surface area contributed by atoms with Crippen LogP contribution in [0, 0.1) is 6.92 Å². The maximum absolute atomic E-state index is 4.36. The Morgan fingerprint density at radius 2 is 2.31 bits per heavy atom. The number of fused-ring (bicyclic) bond motifs is 1. The first-order valence-electron chi connectivity index (χ1n) is 4.65. The highest BCUT2D eigenvalue weighted by Crippen LogP contribution is 2.27. The van der Waals surface area contributed by atoms with Crippen molar-refractivity contribution in [2.45, 2.75) is 26.7 Å². The summed E-state index contributed by atoms with van der Waals surface area (Å²) in [6.45, 7) is 4.36. The summed E-state index contributed by atoms with van der Waals surface area (Å²) in [4.78, 5) is 5.71. The van der Waals surface area contributed by atoms with Gasteiger partial charge >= 0.3 is 0 Å². The Morgan fingerprint density at radius 1 is 1.46 bits per heavy atom. The van der Waals surface area contributed by atoms with Crippen LogP contribution in [0.15, 0.2) is 18.3 Å². The van der Waals surface area contributed by atoms with Gasteiger partial charge in [-0.05, 0) is 31.0 Å². The molecule has 2 aromatic heterocycles. The van der Waals surface area contributed by atoms with Gasteiger partial charge in [-0.2, -0.15) is 0 Å². The number of rotatable bonds is 2. The molecule has 0 spiro atoms. The van der Waals surface area contributed by atoms with Crippen LogP contribution in [-0.4, -0.2) is 4.98 Å². The lowest BCUT2D eigenvalue weighted by atomic mass is 10.1. The van der Waals surface area contributed by atoms with Crippen LogP contribution in [0.4, 0.5) is 0 Å². The van der Waals surface area contributed by atoms with Crippen molar-refractivity contribution in [3.05, 3.63) is 28.8 Å². The molecule has 0 fully saturated rings. The van der Waals surface area contributed by atoms with Crippen molar-refractivity contribution >= 4 is 21.6 Å². The molecule has 2 heterocycles. The van der Waals surface area contributed by atoms with Gasteiger partial charge in [0.05, 0.1) is 10.2 Å². The van der Waals surface area contributed by atoms with Crippen LogP contribution in [0.3, 0.4) is 0 Å². The molecule has 0 bridgehead atoms. The van der Waals surface area contributed by atoms with Crippen LogP contribution in [0.25, 0.3) is 10.2 Å². The zero-order valence-electron chi connectivity index (χ0n) is 8.00. The molecule has 2 rings (SSSR count). The molecule has 0 aliphatic carbocycles. The zero-order chi connectivity index (χ0) is 9.26. The summed E-state index contributed by atoms with van der Waals surface area (Å²) in [6.07, 6.45) is 4.29. The Hall–Kier alpha value is -0.890. The lowest BCUT2D eigenvalue weighted by Gasteiger charge is -1.98. The summed E-state index contributed by atoms with van der Waals surface area (Å²) < 4.78 is 1.38. The molecule has 2 heteroatoms. The Morgan fingerprint density at radius 3 is 3.08 bits per heavy atom. The molecule has 0 N–H and O–H groups in total. The van der Waals surface area contributed by atoms with E-state index in [2.05, 4.69) is 31.0 Å². The van der Waals surface area contributed by atoms with Gasteiger partial charge in [-0.3, -0.25) is 4.98 Å². The van der Waals surface area contributed by atoms with E-state index in [1.165, 1.54) is 28.0 Å². The average molecular weight is 191 g/mol.